The Labute approximate surface area is 156 Å². The normalized spacial score (nSPS) is 13.0. The average Bonchev–Trinajstić information content (AvgIpc) is 2.65. The van der Waals surface area contributed by atoms with E-state index >= 15 is 0 Å². The molecule has 0 aliphatic carbocycles. The molecule has 2 atom stereocenters. The molecule has 0 fully saturated rings. The minimum absolute atomic E-state index is 0.0508. The summed E-state index contributed by atoms with van der Waals surface area (Å²) in [7, 11) is 1.64. The van der Waals surface area contributed by atoms with Gasteiger partial charge in [0.1, 0.15) is 11.5 Å². The summed E-state index contributed by atoms with van der Waals surface area (Å²) in [5.41, 5.74) is 3.28. The summed E-state index contributed by atoms with van der Waals surface area (Å²) >= 11 is 0. The molecule has 2 aromatic rings. The molecule has 0 aromatic heterocycles. The summed E-state index contributed by atoms with van der Waals surface area (Å²) in [6.45, 7) is 8.06. The summed E-state index contributed by atoms with van der Waals surface area (Å²) in [5.74, 6) is 1.48. The molecule has 0 radical (unpaired) electrons. The number of carbonyl (C=O) groups is 1. The number of benzene rings is 2. The van der Waals surface area contributed by atoms with Gasteiger partial charge in [-0.2, -0.15) is 0 Å². The number of methoxy groups -OCH3 is 1. The Morgan fingerprint density at radius 1 is 1.04 bits per heavy atom. The molecule has 2 aromatic carbocycles. The van der Waals surface area contributed by atoms with Crippen LogP contribution in [-0.2, 0) is 4.79 Å². The van der Waals surface area contributed by atoms with Crippen LogP contribution < -0.4 is 14.8 Å². The number of nitrogens with one attached hydrogen (secondary N) is 1. The van der Waals surface area contributed by atoms with Crippen molar-refractivity contribution in [3.63, 3.8) is 0 Å². The minimum Gasteiger partial charge on any atom is -0.497 e. The van der Waals surface area contributed by atoms with Crippen LogP contribution in [0.4, 0.5) is 0 Å². The highest BCUT2D eigenvalue weighted by Gasteiger charge is 2.22. The van der Waals surface area contributed by atoms with Gasteiger partial charge in [0, 0.05) is 0 Å². The van der Waals surface area contributed by atoms with Crippen molar-refractivity contribution >= 4 is 5.91 Å². The van der Waals surface area contributed by atoms with Crippen molar-refractivity contribution < 1.29 is 14.3 Å². The summed E-state index contributed by atoms with van der Waals surface area (Å²) < 4.78 is 11.2. The Balaban J connectivity index is 2.08. The fourth-order valence-corrected chi connectivity index (χ4v) is 2.93. The Bertz CT molecular complexity index is 725. The SMILES string of the molecule is CC[C@H](Oc1ccc(C)cc1C)C(=O)N[C@H](CC)c1ccc(OC)cc1. The van der Waals surface area contributed by atoms with Crippen molar-refractivity contribution in [3.05, 3.63) is 59.2 Å². The third kappa shape index (κ3) is 5.01. The second-order valence-electron chi connectivity index (χ2n) is 6.53. The lowest BCUT2D eigenvalue weighted by atomic mass is 10.0. The number of aryl methyl sites for hydroxylation is 2. The standard InChI is InChI=1S/C22H29NO3/c1-6-19(17-9-11-18(25-5)12-10-17)23-22(24)20(7-2)26-21-13-8-15(3)14-16(21)4/h8-14,19-20H,6-7H2,1-5H3,(H,23,24)/t19-,20+/m1/s1. The summed E-state index contributed by atoms with van der Waals surface area (Å²) in [5, 5.41) is 3.12. The van der Waals surface area contributed by atoms with Crippen LogP contribution in [0.5, 0.6) is 11.5 Å². The molecular formula is C22H29NO3. The quantitative estimate of drug-likeness (QED) is 0.744. The Kier molecular flexibility index (Phi) is 7.07. The molecule has 0 aliphatic heterocycles. The lowest BCUT2D eigenvalue weighted by Crippen LogP contribution is -2.40. The predicted octanol–water partition coefficient (Wildman–Crippen LogP) is 4.74. The summed E-state index contributed by atoms with van der Waals surface area (Å²) in [4.78, 5) is 12.8. The first-order valence-electron chi connectivity index (χ1n) is 9.16. The molecule has 4 nitrogen and oxygen atoms in total. The predicted molar refractivity (Wildman–Crippen MR) is 105 cm³/mol. The zero-order valence-corrected chi connectivity index (χ0v) is 16.3. The van der Waals surface area contributed by atoms with Crippen LogP contribution in [-0.4, -0.2) is 19.1 Å². The molecule has 0 spiro atoms. The average molecular weight is 355 g/mol. The van der Waals surface area contributed by atoms with E-state index in [1.54, 1.807) is 7.11 Å². The molecule has 0 saturated carbocycles. The number of rotatable bonds is 8. The lowest BCUT2D eigenvalue weighted by Gasteiger charge is -2.23. The fraction of sp³-hybridized carbons (Fsp3) is 0.409. The van der Waals surface area contributed by atoms with Gasteiger partial charge in [0.05, 0.1) is 13.2 Å². The summed E-state index contributed by atoms with van der Waals surface area (Å²) in [6, 6.07) is 13.7. The van der Waals surface area contributed by atoms with Gasteiger partial charge in [-0.15, -0.1) is 0 Å². The third-order valence-electron chi connectivity index (χ3n) is 4.51. The van der Waals surface area contributed by atoms with Gasteiger partial charge >= 0.3 is 0 Å². The molecule has 0 unspecified atom stereocenters. The van der Waals surface area contributed by atoms with Crippen LogP contribution in [0, 0.1) is 13.8 Å². The van der Waals surface area contributed by atoms with Crippen molar-refractivity contribution in [3.8, 4) is 11.5 Å². The molecule has 0 aliphatic rings. The Hall–Kier alpha value is -2.49. The fourth-order valence-electron chi connectivity index (χ4n) is 2.93. The van der Waals surface area contributed by atoms with E-state index in [4.69, 9.17) is 9.47 Å². The molecule has 140 valence electrons. The van der Waals surface area contributed by atoms with Gasteiger partial charge in [-0.1, -0.05) is 43.7 Å². The van der Waals surface area contributed by atoms with Crippen molar-refractivity contribution in [1.29, 1.82) is 0 Å². The maximum atomic E-state index is 12.8. The van der Waals surface area contributed by atoms with E-state index in [-0.39, 0.29) is 11.9 Å². The zero-order valence-electron chi connectivity index (χ0n) is 16.3. The van der Waals surface area contributed by atoms with Gasteiger partial charge in [-0.05, 0) is 56.0 Å². The minimum atomic E-state index is -0.510. The zero-order chi connectivity index (χ0) is 19.1. The van der Waals surface area contributed by atoms with E-state index in [0.29, 0.717) is 6.42 Å². The molecule has 0 heterocycles. The van der Waals surface area contributed by atoms with Gasteiger partial charge in [-0.3, -0.25) is 4.79 Å². The maximum Gasteiger partial charge on any atom is 0.261 e. The maximum absolute atomic E-state index is 12.8. The largest absolute Gasteiger partial charge is 0.497 e. The molecule has 26 heavy (non-hydrogen) atoms. The number of ether oxygens (including phenoxy) is 2. The molecule has 1 N–H and O–H groups in total. The van der Waals surface area contributed by atoms with E-state index < -0.39 is 6.10 Å². The van der Waals surface area contributed by atoms with Crippen molar-refractivity contribution in [2.75, 3.05) is 7.11 Å². The number of hydrogen-bond acceptors (Lipinski definition) is 3. The van der Waals surface area contributed by atoms with E-state index in [0.717, 1.165) is 29.0 Å². The molecule has 0 saturated heterocycles. The van der Waals surface area contributed by atoms with Crippen LogP contribution in [0.25, 0.3) is 0 Å². The van der Waals surface area contributed by atoms with Crippen molar-refractivity contribution in [1.82, 2.24) is 5.32 Å². The first-order valence-corrected chi connectivity index (χ1v) is 9.16. The molecule has 2 rings (SSSR count). The molecule has 1 amide bonds. The van der Waals surface area contributed by atoms with Crippen LogP contribution >= 0.6 is 0 Å². The van der Waals surface area contributed by atoms with Crippen LogP contribution in [0.2, 0.25) is 0 Å². The van der Waals surface area contributed by atoms with Gasteiger partial charge < -0.3 is 14.8 Å². The molecule has 0 bridgehead atoms. The smallest absolute Gasteiger partial charge is 0.261 e. The van der Waals surface area contributed by atoms with Crippen LogP contribution in [0.15, 0.2) is 42.5 Å². The van der Waals surface area contributed by atoms with Crippen LogP contribution in [0.1, 0.15) is 49.4 Å². The molecular weight excluding hydrogens is 326 g/mol. The number of carbonyl (C=O) groups excluding carboxylic acids is 1. The monoisotopic (exact) mass is 355 g/mol. The first-order chi connectivity index (χ1) is 12.5. The van der Waals surface area contributed by atoms with Gasteiger partial charge in [-0.25, -0.2) is 0 Å². The second-order valence-corrected chi connectivity index (χ2v) is 6.53. The number of amides is 1. The Morgan fingerprint density at radius 3 is 2.27 bits per heavy atom. The highest BCUT2D eigenvalue weighted by atomic mass is 16.5. The third-order valence-corrected chi connectivity index (χ3v) is 4.51. The van der Waals surface area contributed by atoms with Gasteiger partial charge in [0.2, 0.25) is 0 Å². The first kappa shape index (κ1) is 19.8. The topological polar surface area (TPSA) is 47.6 Å². The highest BCUT2D eigenvalue weighted by molar-refractivity contribution is 5.81. The Morgan fingerprint density at radius 2 is 1.73 bits per heavy atom. The van der Waals surface area contributed by atoms with E-state index in [1.165, 1.54) is 5.56 Å². The van der Waals surface area contributed by atoms with Crippen molar-refractivity contribution in [2.24, 2.45) is 0 Å². The highest BCUT2D eigenvalue weighted by Crippen LogP contribution is 2.23. The van der Waals surface area contributed by atoms with Gasteiger partial charge in [0.15, 0.2) is 6.10 Å². The lowest BCUT2D eigenvalue weighted by molar-refractivity contribution is -0.129. The summed E-state index contributed by atoms with van der Waals surface area (Å²) in [6.07, 6.45) is 0.902. The van der Waals surface area contributed by atoms with E-state index in [9.17, 15) is 4.79 Å². The van der Waals surface area contributed by atoms with Crippen molar-refractivity contribution in [2.45, 2.75) is 52.7 Å². The molecule has 4 heteroatoms. The van der Waals surface area contributed by atoms with Gasteiger partial charge in [0.25, 0.3) is 5.91 Å². The van der Waals surface area contributed by atoms with Crippen LogP contribution in [0.3, 0.4) is 0 Å². The second kappa shape index (κ2) is 9.27. The number of hydrogen-bond donors (Lipinski definition) is 1. The van der Waals surface area contributed by atoms with E-state index in [2.05, 4.69) is 18.3 Å². The van der Waals surface area contributed by atoms with E-state index in [1.807, 2.05) is 57.2 Å².